The Kier molecular flexibility index (Phi) is 3.41. The van der Waals surface area contributed by atoms with E-state index in [1.807, 2.05) is 6.92 Å². The van der Waals surface area contributed by atoms with Crippen molar-refractivity contribution in [3.8, 4) is 12.3 Å². The van der Waals surface area contributed by atoms with Gasteiger partial charge >= 0.3 is 0 Å². The minimum atomic E-state index is -0.826. The normalized spacial score (nSPS) is 14.3. The number of aliphatic hydroxyl groups excluding tert-OH is 1. The average Bonchev–Trinajstić information content (AvgIpc) is 1.86. The van der Waals surface area contributed by atoms with E-state index in [1.54, 1.807) is 13.8 Å². The van der Waals surface area contributed by atoms with Crippen molar-refractivity contribution in [2.75, 3.05) is 6.61 Å². The maximum absolute atomic E-state index is 9.16. The topological polar surface area (TPSA) is 29.5 Å². The van der Waals surface area contributed by atoms with Crippen LogP contribution in [0, 0.1) is 12.3 Å². The largest absolute Gasteiger partial charge is 0.377 e. The van der Waals surface area contributed by atoms with Crippen molar-refractivity contribution in [1.82, 2.24) is 0 Å². The van der Waals surface area contributed by atoms with Gasteiger partial charge in [-0.3, -0.25) is 0 Å². The van der Waals surface area contributed by atoms with Crippen LogP contribution >= 0.6 is 0 Å². The highest BCUT2D eigenvalue weighted by molar-refractivity contribution is 5.02. The first-order valence-electron chi connectivity index (χ1n) is 3.32. The molecule has 1 N–H and O–H groups in total. The Balaban J connectivity index is 3.99. The second-order valence-electron chi connectivity index (χ2n) is 2.61. The van der Waals surface area contributed by atoms with E-state index in [0.29, 0.717) is 6.61 Å². The van der Waals surface area contributed by atoms with E-state index in [4.69, 9.17) is 16.3 Å². The van der Waals surface area contributed by atoms with Gasteiger partial charge in [0.15, 0.2) is 0 Å². The number of rotatable bonds is 3. The van der Waals surface area contributed by atoms with E-state index >= 15 is 0 Å². The minimum Gasteiger partial charge on any atom is -0.377 e. The molecule has 0 spiro atoms. The van der Waals surface area contributed by atoms with E-state index in [1.165, 1.54) is 0 Å². The van der Waals surface area contributed by atoms with Gasteiger partial charge in [0, 0.05) is 6.61 Å². The molecule has 0 saturated heterocycles. The maximum atomic E-state index is 9.16. The monoisotopic (exact) mass is 142 g/mol. The van der Waals surface area contributed by atoms with Crippen LogP contribution < -0.4 is 0 Å². The predicted molar refractivity (Wildman–Crippen MR) is 40.5 cm³/mol. The van der Waals surface area contributed by atoms with E-state index in [9.17, 15) is 0 Å². The van der Waals surface area contributed by atoms with Crippen LogP contribution in [0.15, 0.2) is 0 Å². The summed E-state index contributed by atoms with van der Waals surface area (Å²) in [6.07, 6.45) is 4.18. The first-order chi connectivity index (χ1) is 4.54. The molecule has 0 rings (SSSR count). The highest BCUT2D eigenvalue weighted by atomic mass is 16.5. The molecule has 0 bridgehead atoms. The molecule has 2 heteroatoms. The van der Waals surface area contributed by atoms with Crippen LogP contribution in [-0.4, -0.2) is 23.4 Å². The third kappa shape index (κ3) is 2.38. The molecule has 0 aromatic heterocycles. The SMILES string of the molecule is C#CC(O)C(C)(C)OCC. The van der Waals surface area contributed by atoms with Gasteiger partial charge in [-0.25, -0.2) is 0 Å². The molecule has 1 atom stereocenters. The smallest absolute Gasteiger partial charge is 0.142 e. The van der Waals surface area contributed by atoms with Gasteiger partial charge in [-0.2, -0.15) is 0 Å². The summed E-state index contributed by atoms with van der Waals surface area (Å²) in [6, 6.07) is 0. The van der Waals surface area contributed by atoms with Gasteiger partial charge in [-0.15, -0.1) is 6.42 Å². The molecular weight excluding hydrogens is 128 g/mol. The average molecular weight is 142 g/mol. The molecule has 2 nitrogen and oxygen atoms in total. The molecule has 0 saturated carbocycles. The fourth-order valence-corrected chi connectivity index (χ4v) is 0.652. The second kappa shape index (κ2) is 3.60. The van der Waals surface area contributed by atoms with Crippen molar-refractivity contribution in [2.24, 2.45) is 0 Å². The zero-order chi connectivity index (χ0) is 8.20. The van der Waals surface area contributed by atoms with Crippen molar-refractivity contribution in [3.05, 3.63) is 0 Å². The van der Waals surface area contributed by atoms with Gasteiger partial charge < -0.3 is 9.84 Å². The molecule has 10 heavy (non-hydrogen) atoms. The van der Waals surface area contributed by atoms with Crippen LogP contribution in [0.5, 0.6) is 0 Å². The van der Waals surface area contributed by atoms with Gasteiger partial charge in [-0.05, 0) is 20.8 Å². The van der Waals surface area contributed by atoms with Crippen LogP contribution in [0.25, 0.3) is 0 Å². The van der Waals surface area contributed by atoms with Crippen molar-refractivity contribution < 1.29 is 9.84 Å². The van der Waals surface area contributed by atoms with Gasteiger partial charge in [0.25, 0.3) is 0 Å². The van der Waals surface area contributed by atoms with E-state index in [0.717, 1.165) is 0 Å². The number of hydrogen-bond donors (Lipinski definition) is 1. The summed E-state index contributed by atoms with van der Waals surface area (Å²) >= 11 is 0. The standard InChI is InChI=1S/C8H14O2/c1-5-7(9)8(3,4)10-6-2/h1,7,9H,6H2,2-4H3. The van der Waals surface area contributed by atoms with Crippen molar-refractivity contribution in [1.29, 1.82) is 0 Å². The Bertz CT molecular complexity index is 133. The van der Waals surface area contributed by atoms with E-state index in [-0.39, 0.29) is 0 Å². The molecule has 1 unspecified atom stereocenters. The predicted octanol–water partition coefficient (Wildman–Crippen LogP) is 0.796. The lowest BCUT2D eigenvalue weighted by Crippen LogP contribution is -2.37. The molecule has 0 fully saturated rings. The van der Waals surface area contributed by atoms with Crippen LogP contribution in [0.4, 0.5) is 0 Å². The number of ether oxygens (including phenoxy) is 1. The quantitative estimate of drug-likeness (QED) is 0.590. The lowest BCUT2D eigenvalue weighted by Gasteiger charge is -2.26. The Labute approximate surface area is 62.2 Å². The summed E-state index contributed by atoms with van der Waals surface area (Å²) in [5.74, 6) is 2.22. The molecule has 0 radical (unpaired) electrons. The molecular formula is C8H14O2. The van der Waals surface area contributed by atoms with Crippen LogP contribution in [0.2, 0.25) is 0 Å². The van der Waals surface area contributed by atoms with Gasteiger partial charge in [-0.1, -0.05) is 5.92 Å². The molecule has 0 aliphatic carbocycles. The van der Waals surface area contributed by atoms with Crippen LogP contribution in [0.3, 0.4) is 0 Å². The summed E-state index contributed by atoms with van der Waals surface area (Å²) in [4.78, 5) is 0. The van der Waals surface area contributed by atoms with E-state index in [2.05, 4.69) is 5.92 Å². The fraction of sp³-hybridized carbons (Fsp3) is 0.750. The zero-order valence-corrected chi connectivity index (χ0v) is 6.72. The van der Waals surface area contributed by atoms with Gasteiger partial charge in [0.2, 0.25) is 0 Å². The lowest BCUT2D eigenvalue weighted by molar-refractivity contribution is -0.0739. The van der Waals surface area contributed by atoms with E-state index < -0.39 is 11.7 Å². The molecule has 0 aromatic rings. The Morgan fingerprint density at radius 3 is 2.50 bits per heavy atom. The van der Waals surface area contributed by atoms with Crippen LogP contribution in [0.1, 0.15) is 20.8 Å². The lowest BCUT2D eigenvalue weighted by atomic mass is 10.0. The summed E-state index contributed by atoms with van der Waals surface area (Å²) in [5, 5.41) is 9.16. The van der Waals surface area contributed by atoms with Gasteiger partial charge in [0.05, 0.1) is 5.60 Å². The molecule has 0 aliphatic rings. The summed E-state index contributed by atoms with van der Waals surface area (Å²) < 4.78 is 5.19. The molecule has 0 heterocycles. The third-order valence-electron chi connectivity index (χ3n) is 1.33. The highest BCUT2D eigenvalue weighted by Gasteiger charge is 2.25. The number of hydrogen-bond acceptors (Lipinski definition) is 2. The minimum absolute atomic E-state index is 0.561. The second-order valence-corrected chi connectivity index (χ2v) is 2.61. The summed E-state index contributed by atoms with van der Waals surface area (Å²) in [7, 11) is 0. The van der Waals surface area contributed by atoms with Crippen LogP contribution in [-0.2, 0) is 4.74 Å². The molecule has 58 valence electrons. The Morgan fingerprint density at radius 2 is 2.20 bits per heavy atom. The van der Waals surface area contributed by atoms with Crippen molar-refractivity contribution in [2.45, 2.75) is 32.5 Å². The fourth-order valence-electron chi connectivity index (χ4n) is 0.652. The van der Waals surface area contributed by atoms with Crippen molar-refractivity contribution >= 4 is 0 Å². The maximum Gasteiger partial charge on any atom is 0.142 e. The highest BCUT2D eigenvalue weighted by Crippen LogP contribution is 2.13. The van der Waals surface area contributed by atoms with Crippen molar-refractivity contribution in [3.63, 3.8) is 0 Å². The Morgan fingerprint density at radius 1 is 1.70 bits per heavy atom. The number of terminal acetylenes is 1. The molecule has 0 amide bonds. The summed E-state index contributed by atoms with van der Waals surface area (Å²) in [5.41, 5.74) is -0.622. The Hall–Kier alpha value is -0.520. The first kappa shape index (κ1) is 9.48. The van der Waals surface area contributed by atoms with Gasteiger partial charge in [0.1, 0.15) is 6.10 Å². The number of aliphatic hydroxyl groups is 1. The zero-order valence-electron chi connectivity index (χ0n) is 6.72. The molecule has 0 aliphatic heterocycles. The molecule has 0 aromatic carbocycles. The summed E-state index contributed by atoms with van der Waals surface area (Å²) in [6.45, 7) is 5.96. The third-order valence-corrected chi connectivity index (χ3v) is 1.33. The first-order valence-corrected chi connectivity index (χ1v) is 3.32.